The third-order valence-electron chi connectivity index (χ3n) is 7.99. The molecule has 0 amide bonds. The molecule has 0 spiro atoms. The molecule has 188 valence electrons. The van der Waals surface area contributed by atoms with Crippen LogP contribution in [-0.2, 0) is 12.8 Å². The summed E-state index contributed by atoms with van der Waals surface area (Å²) in [5, 5.41) is 0. The van der Waals surface area contributed by atoms with Crippen molar-refractivity contribution in [3.05, 3.63) is 58.7 Å². The smallest absolute Gasteiger partial charge is 0.0441 e. The molecule has 1 nitrogen and oxygen atoms in total. The lowest BCUT2D eigenvalue weighted by atomic mass is 9.85. The predicted octanol–water partition coefficient (Wildman–Crippen LogP) is 9.90. The molecule has 0 radical (unpaired) electrons. The molecule has 2 aromatic carbocycles. The van der Waals surface area contributed by atoms with E-state index in [0.717, 1.165) is 36.5 Å². The molecule has 0 aromatic heterocycles. The van der Waals surface area contributed by atoms with E-state index >= 15 is 0 Å². The number of anilines is 2. The maximum absolute atomic E-state index is 2.52. The van der Waals surface area contributed by atoms with E-state index in [1.54, 1.807) is 0 Å². The van der Waals surface area contributed by atoms with E-state index in [1.807, 2.05) is 0 Å². The summed E-state index contributed by atoms with van der Waals surface area (Å²) in [6.07, 6.45) is 7.48. The summed E-state index contributed by atoms with van der Waals surface area (Å²) < 4.78 is 0. The van der Waals surface area contributed by atoms with Crippen LogP contribution in [0, 0.1) is 23.7 Å². The minimum atomic E-state index is 0.621. The highest BCUT2D eigenvalue weighted by Crippen LogP contribution is 2.39. The lowest BCUT2D eigenvalue weighted by Crippen LogP contribution is -2.12. The SMILES string of the molecule is CC(C)CC(C)CC(C)c1ccc2c(c1)CCc1cc(C(C)CC(C)CC(C)C)ccc1N2C. The Hall–Kier alpha value is -1.76. The molecule has 1 heterocycles. The lowest BCUT2D eigenvalue weighted by Gasteiger charge is -2.25. The Kier molecular flexibility index (Phi) is 9.30. The molecule has 0 saturated carbocycles. The zero-order valence-electron chi connectivity index (χ0n) is 23.6. The lowest BCUT2D eigenvalue weighted by molar-refractivity contribution is 0.392. The second kappa shape index (κ2) is 11.8. The maximum atomic E-state index is 2.52. The first kappa shape index (κ1) is 26.8. The van der Waals surface area contributed by atoms with Crippen molar-refractivity contribution in [2.24, 2.45) is 23.7 Å². The van der Waals surface area contributed by atoms with Gasteiger partial charge in [0.15, 0.2) is 0 Å². The van der Waals surface area contributed by atoms with Crippen molar-refractivity contribution in [2.75, 3.05) is 11.9 Å². The van der Waals surface area contributed by atoms with Crippen molar-refractivity contribution < 1.29 is 0 Å². The monoisotopic (exact) mass is 461 g/mol. The van der Waals surface area contributed by atoms with Gasteiger partial charge >= 0.3 is 0 Å². The third kappa shape index (κ3) is 6.89. The van der Waals surface area contributed by atoms with Gasteiger partial charge in [0.2, 0.25) is 0 Å². The molecule has 0 aliphatic carbocycles. The Balaban J connectivity index is 1.75. The van der Waals surface area contributed by atoms with Crippen molar-refractivity contribution in [2.45, 2.75) is 106 Å². The highest BCUT2D eigenvalue weighted by atomic mass is 15.1. The average Bonchev–Trinajstić information content (AvgIpc) is 2.88. The van der Waals surface area contributed by atoms with Crippen LogP contribution in [0.5, 0.6) is 0 Å². The number of hydrogen-bond acceptors (Lipinski definition) is 1. The van der Waals surface area contributed by atoms with Gasteiger partial charge in [0.1, 0.15) is 0 Å². The Morgan fingerprint density at radius 3 is 1.32 bits per heavy atom. The molecule has 0 saturated heterocycles. The van der Waals surface area contributed by atoms with Crippen molar-refractivity contribution >= 4 is 11.4 Å². The Morgan fingerprint density at radius 2 is 0.971 bits per heavy atom. The second-order valence-corrected chi connectivity index (χ2v) is 12.6. The standard InChI is InChI=1S/C33H51N/c1-22(2)16-24(5)18-26(7)28-12-14-32-30(20-28)10-11-31-21-29(13-15-33(31)34(32)9)27(8)19-25(6)17-23(3)4/h12-15,20-27H,10-11,16-19H2,1-9H3. The van der Waals surface area contributed by atoms with E-state index in [0.29, 0.717) is 11.8 Å². The van der Waals surface area contributed by atoms with Crippen LogP contribution >= 0.6 is 0 Å². The van der Waals surface area contributed by atoms with E-state index in [4.69, 9.17) is 0 Å². The number of benzene rings is 2. The molecule has 0 N–H and O–H groups in total. The van der Waals surface area contributed by atoms with Crippen LogP contribution in [0.1, 0.15) is 115 Å². The molecule has 34 heavy (non-hydrogen) atoms. The van der Waals surface area contributed by atoms with Crippen molar-refractivity contribution in [3.63, 3.8) is 0 Å². The summed E-state index contributed by atoms with van der Waals surface area (Å²) in [5.41, 5.74) is 8.83. The first-order chi connectivity index (χ1) is 16.0. The Labute approximate surface area is 211 Å². The normalized spacial score (nSPS) is 17.2. The van der Waals surface area contributed by atoms with Crippen LogP contribution in [0.3, 0.4) is 0 Å². The summed E-state index contributed by atoms with van der Waals surface area (Å²) in [5.74, 6) is 4.37. The summed E-state index contributed by atoms with van der Waals surface area (Å²) >= 11 is 0. The van der Waals surface area contributed by atoms with Crippen LogP contribution in [0.2, 0.25) is 0 Å². The van der Waals surface area contributed by atoms with E-state index in [-0.39, 0.29) is 0 Å². The molecule has 0 bridgehead atoms. The summed E-state index contributed by atoms with van der Waals surface area (Å²) in [6, 6.07) is 14.6. The molecule has 1 heteroatoms. The fourth-order valence-electron chi connectivity index (χ4n) is 6.56. The van der Waals surface area contributed by atoms with Crippen LogP contribution in [-0.4, -0.2) is 7.05 Å². The fraction of sp³-hybridized carbons (Fsp3) is 0.636. The quantitative estimate of drug-likeness (QED) is 0.340. The zero-order chi connectivity index (χ0) is 25.0. The highest BCUT2D eigenvalue weighted by molar-refractivity contribution is 5.71. The van der Waals surface area contributed by atoms with E-state index in [2.05, 4.69) is 104 Å². The van der Waals surface area contributed by atoms with Gasteiger partial charge in [0.05, 0.1) is 0 Å². The van der Waals surface area contributed by atoms with Gasteiger partial charge in [-0.25, -0.2) is 0 Å². The van der Waals surface area contributed by atoms with Crippen LogP contribution in [0.4, 0.5) is 11.4 Å². The molecular weight excluding hydrogens is 410 g/mol. The van der Waals surface area contributed by atoms with Gasteiger partial charge in [-0.15, -0.1) is 0 Å². The molecule has 0 fully saturated rings. The predicted molar refractivity (Wildman–Crippen MR) is 152 cm³/mol. The number of hydrogen-bond donors (Lipinski definition) is 0. The summed E-state index contributed by atoms with van der Waals surface area (Å²) in [4.78, 5) is 2.43. The Morgan fingerprint density at radius 1 is 0.588 bits per heavy atom. The highest BCUT2D eigenvalue weighted by Gasteiger charge is 2.21. The largest absolute Gasteiger partial charge is 0.344 e. The first-order valence-electron chi connectivity index (χ1n) is 14.0. The van der Waals surface area contributed by atoms with E-state index < -0.39 is 0 Å². The summed E-state index contributed by atoms with van der Waals surface area (Å²) in [7, 11) is 2.25. The first-order valence-corrected chi connectivity index (χ1v) is 14.0. The number of aryl methyl sites for hydroxylation is 2. The van der Waals surface area contributed by atoms with E-state index in [9.17, 15) is 0 Å². The number of fused-ring (bicyclic) bond motifs is 2. The van der Waals surface area contributed by atoms with E-state index in [1.165, 1.54) is 59.3 Å². The Bertz CT molecular complexity index is 849. The van der Waals surface area contributed by atoms with Crippen molar-refractivity contribution in [1.29, 1.82) is 0 Å². The molecule has 1 aliphatic rings. The fourth-order valence-corrected chi connectivity index (χ4v) is 6.56. The topological polar surface area (TPSA) is 3.24 Å². The van der Waals surface area contributed by atoms with Gasteiger partial charge in [-0.2, -0.15) is 0 Å². The molecule has 1 aliphatic heterocycles. The van der Waals surface area contributed by atoms with Crippen LogP contribution in [0.15, 0.2) is 36.4 Å². The molecule has 4 atom stereocenters. The van der Waals surface area contributed by atoms with Gasteiger partial charge in [-0.3, -0.25) is 0 Å². The van der Waals surface area contributed by atoms with Crippen molar-refractivity contribution in [1.82, 2.24) is 0 Å². The minimum absolute atomic E-state index is 0.621. The maximum Gasteiger partial charge on any atom is 0.0441 e. The minimum Gasteiger partial charge on any atom is -0.344 e. The molecule has 3 rings (SSSR count). The second-order valence-electron chi connectivity index (χ2n) is 12.6. The zero-order valence-corrected chi connectivity index (χ0v) is 23.6. The van der Waals surface area contributed by atoms with Gasteiger partial charge in [-0.05, 0) is 108 Å². The summed E-state index contributed by atoms with van der Waals surface area (Å²) in [6.45, 7) is 19.1. The third-order valence-corrected chi connectivity index (χ3v) is 7.99. The van der Waals surface area contributed by atoms with Crippen LogP contribution in [0.25, 0.3) is 0 Å². The number of nitrogens with zero attached hydrogens (tertiary/aromatic N) is 1. The van der Waals surface area contributed by atoms with Gasteiger partial charge in [-0.1, -0.05) is 79.7 Å². The van der Waals surface area contributed by atoms with Gasteiger partial charge in [0.25, 0.3) is 0 Å². The van der Waals surface area contributed by atoms with Crippen molar-refractivity contribution in [3.8, 4) is 0 Å². The number of rotatable bonds is 10. The molecule has 4 unspecified atom stereocenters. The molecule has 2 aromatic rings. The average molecular weight is 462 g/mol. The molecular formula is C33H51N. The van der Waals surface area contributed by atoms with Crippen LogP contribution < -0.4 is 4.90 Å². The van der Waals surface area contributed by atoms with Gasteiger partial charge in [0, 0.05) is 18.4 Å². The van der Waals surface area contributed by atoms with Gasteiger partial charge < -0.3 is 4.90 Å².